The fourth-order valence-corrected chi connectivity index (χ4v) is 0.855. The zero-order valence-corrected chi connectivity index (χ0v) is 6.35. The highest BCUT2D eigenvalue weighted by Crippen LogP contribution is 2.12. The summed E-state index contributed by atoms with van der Waals surface area (Å²) in [6, 6.07) is 3.48. The number of halogens is 1. The maximum absolute atomic E-state index is 12.7. The Morgan fingerprint density at radius 1 is 1.23 bits per heavy atom. The molecule has 0 aliphatic carbocycles. The normalized spacial score (nSPS) is 10.1. The van der Waals surface area contributed by atoms with E-state index in [1.54, 1.807) is 0 Å². The van der Waals surface area contributed by atoms with Crippen molar-refractivity contribution in [1.29, 1.82) is 0 Å². The average Bonchev–Trinajstić information content (AvgIpc) is 2.14. The van der Waals surface area contributed by atoms with E-state index in [1.807, 2.05) is 0 Å². The Morgan fingerprint density at radius 3 is 2.38 bits per heavy atom. The number of rotatable bonds is 3. The lowest BCUT2D eigenvalue weighted by Crippen LogP contribution is -2.35. The van der Waals surface area contributed by atoms with Gasteiger partial charge in [-0.15, -0.1) is 0 Å². The van der Waals surface area contributed by atoms with Crippen molar-refractivity contribution in [2.45, 2.75) is 0 Å². The van der Waals surface area contributed by atoms with Crippen LogP contribution in [-0.4, -0.2) is 22.7 Å². The minimum absolute atomic E-state index is 0.218. The molecule has 0 radical (unpaired) electrons. The molecule has 0 unspecified atom stereocenters. The van der Waals surface area contributed by atoms with E-state index in [0.29, 0.717) is 0 Å². The minimum atomic E-state index is -1.63. The highest BCUT2D eigenvalue weighted by atomic mass is 19.1. The van der Waals surface area contributed by atoms with E-state index >= 15 is 0 Å². The summed E-state index contributed by atoms with van der Waals surface area (Å²) in [6.45, 7) is 0. The van der Waals surface area contributed by atoms with Crippen LogP contribution in [0.5, 0.6) is 5.75 Å². The summed E-state index contributed by atoms with van der Waals surface area (Å²) in [5.41, 5.74) is -0.218. The Labute approximate surface area is 73.0 Å². The number of phenolic OH excluding ortho intramolecular Hbond substituents is 1. The van der Waals surface area contributed by atoms with Crippen molar-refractivity contribution >= 4 is 12.6 Å². The summed E-state index contributed by atoms with van der Waals surface area (Å²) in [5.74, 6) is -1.66. The van der Waals surface area contributed by atoms with Crippen LogP contribution in [-0.2, 0) is 9.61 Å². The van der Waals surface area contributed by atoms with Crippen molar-refractivity contribution in [3.63, 3.8) is 0 Å². The van der Waals surface area contributed by atoms with Gasteiger partial charge >= 0.3 is 7.12 Å². The molecule has 3 N–H and O–H groups in total. The molecule has 0 fully saturated rings. The van der Waals surface area contributed by atoms with Crippen LogP contribution in [0.3, 0.4) is 0 Å². The first kappa shape index (κ1) is 9.94. The van der Waals surface area contributed by atoms with Gasteiger partial charge in [-0.2, -0.15) is 0 Å². The predicted octanol–water partition coefficient (Wildman–Crippen LogP) is 0.206. The summed E-state index contributed by atoms with van der Waals surface area (Å²) in [7, 11) is -1.63. The maximum atomic E-state index is 12.7. The van der Waals surface area contributed by atoms with Crippen molar-refractivity contribution in [2.24, 2.45) is 0 Å². The Balaban J connectivity index is 3.05. The molecule has 0 spiro atoms. The fraction of sp³-hybridized carbons (Fsp3) is 0. The molecule has 1 rings (SSSR count). The number of hydrogen-bond acceptors (Lipinski definition) is 5. The first-order valence-electron chi connectivity index (χ1n) is 3.28. The van der Waals surface area contributed by atoms with Gasteiger partial charge in [0.1, 0.15) is 0 Å². The van der Waals surface area contributed by atoms with Crippen LogP contribution >= 0.6 is 0 Å². The smallest absolute Gasteiger partial charge is 0.505 e. The number of benzene rings is 1. The van der Waals surface area contributed by atoms with Gasteiger partial charge in [0.2, 0.25) is 0 Å². The van der Waals surface area contributed by atoms with Crippen molar-refractivity contribution < 1.29 is 29.6 Å². The molecule has 70 valence electrons. The molecular weight excluding hydrogens is 182 g/mol. The van der Waals surface area contributed by atoms with Gasteiger partial charge in [-0.1, -0.05) is 12.1 Å². The molecule has 1 aromatic carbocycles. The third kappa shape index (κ3) is 1.96. The van der Waals surface area contributed by atoms with Crippen molar-refractivity contribution in [1.82, 2.24) is 0 Å². The van der Waals surface area contributed by atoms with Gasteiger partial charge in [0.05, 0.1) is 0 Å². The summed E-state index contributed by atoms with van der Waals surface area (Å²) >= 11 is 0. The monoisotopic (exact) mass is 188 g/mol. The molecule has 0 aliphatic heterocycles. The van der Waals surface area contributed by atoms with Crippen molar-refractivity contribution in [2.75, 3.05) is 0 Å². The number of hydrogen-bond donors (Lipinski definition) is 3. The molecule has 1 aromatic rings. The largest absolute Gasteiger partial charge is 0.557 e. The van der Waals surface area contributed by atoms with Gasteiger partial charge in [0, 0.05) is 5.46 Å². The van der Waals surface area contributed by atoms with Crippen LogP contribution in [0.15, 0.2) is 18.2 Å². The molecule has 0 amide bonds. The third-order valence-corrected chi connectivity index (χ3v) is 1.46. The quantitative estimate of drug-likeness (QED) is 0.358. The lowest BCUT2D eigenvalue weighted by Gasteiger charge is -2.07. The van der Waals surface area contributed by atoms with E-state index in [2.05, 4.69) is 9.61 Å². The third-order valence-electron chi connectivity index (χ3n) is 1.46. The summed E-state index contributed by atoms with van der Waals surface area (Å²) in [4.78, 5) is 7.24. The summed E-state index contributed by atoms with van der Waals surface area (Å²) in [6.07, 6.45) is 0. The SMILES string of the molecule is OOB(OO)c1cccc(F)c1O. The molecule has 0 saturated heterocycles. The average molecular weight is 188 g/mol. The Hall–Kier alpha value is -1.15. The van der Waals surface area contributed by atoms with Crippen LogP contribution in [0.25, 0.3) is 0 Å². The Morgan fingerprint density at radius 2 is 1.85 bits per heavy atom. The number of aromatic hydroxyl groups is 1. The van der Waals surface area contributed by atoms with Gasteiger partial charge in [0.15, 0.2) is 11.6 Å². The molecule has 0 atom stereocenters. The van der Waals surface area contributed by atoms with E-state index in [0.717, 1.165) is 6.07 Å². The first-order chi connectivity index (χ1) is 6.20. The molecule has 5 nitrogen and oxygen atoms in total. The topological polar surface area (TPSA) is 79.2 Å². The summed E-state index contributed by atoms with van der Waals surface area (Å²) in [5, 5.41) is 25.4. The van der Waals surface area contributed by atoms with Crippen LogP contribution in [0.1, 0.15) is 0 Å². The second kappa shape index (κ2) is 4.19. The molecule has 13 heavy (non-hydrogen) atoms. The second-order valence-electron chi connectivity index (χ2n) is 2.22. The van der Waals surface area contributed by atoms with Crippen LogP contribution < -0.4 is 5.46 Å². The lowest BCUT2D eigenvalue weighted by molar-refractivity contribution is -0.221. The van der Waals surface area contributed by atoms with Crippen molar-refractivity contribution in [3.8, 4) is 5.75 Å². The first-order valence-corrected chi connectivity index (χ1v) is 3.28. The Kier molecular flexibility index (Phi) is 3.21. The van der Waals surface area contributed by atoms with E-state index < -0.39 is 18.7 Å². The zero-order valence-electron chi connectivity index (χ0n) is 6.35. The van der Waals surface area contributed by atoms with Crippen LogP contribution in [0.2, 0.25) is 0 Å². The highest BCUT2D eigenvalue weighted by molar-refractivity contribution is 6.61. The second-order valence-corrected chi connectivity index (χ2v) is 2.22. The van der Waals surface area contributed by atoms with Gasteiger partial charge < -0.3 is 5.11 Å². The van der Waals surface area contributed by atoms with E-state index in [1.165, 1.54) is 12.1 Å². The van der Waals surface area contributed by atoms with E-state index in [9.17, 15) is 4.39 Å². The van der Waals surface area contributed by atoms with Crippen molar-refractivity contribution in [3.05, 3.63) is 24.0 Å². The maximum Gasteiger partial charge on any atom is 0.557 e. The number of phenols is 1. The van der Waals surface area contributed by atoms with E-state index in [4.69, 9.17) is 15.6 Å². The van der Waals surface area contributed by atoms with Gasteiger partial charge in [0.25, 0.3) is 0 Å². The highest BCUT2D eigenvalue weighted by Gasteiger charge is 2.26. The number of para-hydroxylation sites is 1. The molecule has 0 saturated carbocycles. The summed E-state index contributed by atoms with van der Waals surface area (Å²) < 4.78 is 12.7. The standard InChI is InChI=1S/C6H6BFO5/c8-5-3-1-2-4(6(5)9)7(12-10)13-11/h1-3,9-11H. The Bertz CT molecular complexity index is 290. The van der Waals surface area contributed by atoms with Crippen LogP contribution in [0, 0.1) is 5.82 Å². The van der Waals surface area contributed by atoms with Gasteiger partial charge in [-0.05, 0) is 6.07 Å². The van der Waals surface area contributed by atoms with E-state index in [-0.39, 0.29) is 5.46 Å². The molecule has 0 bridgehead atoms. The minimum Gasteiger partial charge on any atom is -0.505 e. The fourth-order valence-electron chi connectivity index (χ4n) is 0.855. The molecule has 7 heteroatoms. The zero-order chi connectivity index (χ0) is 9.84. The lowest BCUT2D eigenvalue weighted by atomic mass is 9.79. The molecule has 0 aromatic heterocycles. The van der Waals surface area contributed by atoms with Crippen LogP contribution in [0.4, 0.5) is 4.39 Å². The molecule has 0 heterocycles. The molecular formula is C6H6BFO5. The van der Waals surface area contributed by atoms with Gasteiger partial charge in [-0.3, -0.25) is 20.1 Å². The molecule has 0 aliphatic rings. The van der Waals surface area contributed by atoms with Gasteiger partial charge in [-0.25, -0.2) is 4.39 Å². The predicted molar refractivity (Wildman–Crippen MR) is 40.9 cm³/mol.